The molecule has 3 amide bonds. The molecule has 0 aromatic carbocycles. The third kappa shape index (κ3) is 23.0. The largest absolute Gasteiger partial charge is 0.453 e. The number of ether oxygens (including phenoxy) is 3. The molecule has 3 aliphatic heterocycles. The number of anilines is 5. The number of nitrogens with one attached hydrogen (secondary N) is 4. The van der Waals surface area contributed by atoms with Crippen LogP contribution >= 0.6 is 11.6 Å². The van der Waals surface area contributed by atoms with Crippen molar-refractivity contribution in [3.8, 4) is 17.5 Å². The van der Waals surface area contributed by atoms with Crippen molar-refractivity contribution in [2.24, 2.45) is 0 Å². The number of alkyl halides is 6. The predicted octanol–water partition coefficient (Wildman–Crippen LogP) is 11.3. The van der Waals surface area contributed by atoms with Crippen molar-refractivity contribution in [3.63, 3.8) is 0 Å². The van der Waals surface area contributed by atoms with Gasteiger partial charge < -0.3 is 60.0 Å². The zero-order valence-corrected chi connectivity index (χ0v) is 59.4. The lowest BCUT2D eigenvalue weighted by molar-refractivity contribution is -0.0366. The molecule has 0 bridgehead atoms. The third-order valence-corrected chi connectivity index (χ3v) is 17.4. The predicted molar refractivity (Wildman–Crippen MR) is 366 cm³/mol. The Morgan fingerprint density at radius 2 is 0.760 bits per heavy atom. The van der Waals surface area contributed by atoms with E-state index in [-0.39, 0.29) is 85.7 Å². The molecular formula is C66H94ClF6N21O6. The van der Waals surface area contributed by atoms with Crippen LogP contribution in [0.25, 0.3) is 17.5 Å². The fourth-order valence-corrected chi connectivity index (χ4v) is 11.9. The Morgan fingerprint density at radius 1 is 0.460 bits per heavy atom. The summed E-state index contributed by atoms with van der Waals surface area (Å²) in [4.78, 5) is 71.9. The molecule has 0 spiro atoms. The molecule has 9 heterocycles. The van der Waals surface area contributed by atoms with Crippen LogP contribution in [0.5, 0.6) is 0 Å². The highest BCUT2D eigenvalue weighted by molar-refractivity contribution is 6.29. The summed E-state index contributed by atoms with van der Waals surface area (Å²) in [5.41, 5.74) is 1.65. The molecule has 27 nitrogen and oxygen atoms in total. The Kier molecular flexibility index (Phi) is 24.9. The van der Waals surface area contributed by atoms with E-state index in [1.807, 2.05) is 105 Å². The van der Waals surface area contributed by atoms with Gasteiger partial charge in [-0.05, 0) is 119 Å². The minimum absolute atomic E-state index is 0.0645. The number of aryl methyl sites for hydroxylation is 3. The smallest absolute Gasteiger partial charge is 0.410 e. The van der Waals surface area contributed by atoms with Crippen molar-refractivity contribution in [1.29, 1.82) is 0 Å². The third-order valence-electron chi connectivity index (χ3n) is 17.2. The van der Waals surface area contributed by atoms with Gasteiger partial charge in [0.25, 0.3) is 0 Å². The first-order valence-corrected chi connectivity index (χ1v) is 34.4. The van der Waals surface area contributed by atoms with Gasteiger partial charge in [0.05, 0.1) is 24.2 Å². The number of aromatic nitrogens is 12. The summed E-state index contributed by atoms with van der Waals surface area (Å²) >= 11 is 6.02. The van der Waals surface area contributed by atoms with Crippen LogP contribution in [0, 0.1) is 20.8 Å². The van der Waals surface area contributed by atoms with Crippen LogP contribution in [0.3, 0.4) is 0 Å². The van der Waals surface area contributed by atoms with Gasteiger partial charge in [0, 0.05) is 172 Å². The van der Waals surface area contributed by atoms with Crippen molar-refractivity contribution >= 4 is 59.4 Å². The number of piperazine rings is 3. The topological polar surface area (TPSA) is 274 Å². The molecule has 6 aliphatic rings. The second-order valence-electron chi connectivity index (χ2n) is 27.8. The van der Waals surface area contributed by atoms with Crippen molar-refractivity contribution in [1.82, 2.24) is 79.3 Å². The Labute approximate surface area is 583 Å². The van der Waals surface area contributed by atoms with E-state index in [0.29, 0.717) is 138 Å². The first kappa shape index (κ1) is 75.7. The quantitative estimate of drug-likeness (QED) is 0.0533. The highest BCUT2D eigenvalue weighted by atomic mass is 35.5. The Balaban J connectivity index is 0.000000163. The first-order chi connectivity index (χ1) is 47.2. The van der Waals surface area contributed by atoms with E-state index in [4.69, 9.17) is 25.8 Å². The van der Waals surface area contributed by atoms with Crippen molar-refractivity contribution < 1.29 is 54.9 Å². The molecule has 0 radical (unpaired) electrons. The summed E-state index contributed by atoms with van der Waals surface area (Å²) in [5, 5.41) is 26.2. The lowest BCUT2D eigenvalue weighted by atomic mass is 9.92. The standard InChI is InChI=1S/C23H33F2N7O2.C20H27F2N7O2.C14H16ClF2N5.C9H18N2O2/c1-16-7-10-32(29-16)19-15-18(27-20(28-19)26-17-5-8-23(24,25)9-6-17)30-11-13-31(14-12-30)21(33)34-22(2,3)4;1-14-5-8-29(26-14)17-13-16(27-9-11-28(12-10-27)19(30)31-2)24-18(25-17)23-15-3-6-20(21,22)7-4-15;1-9-4-7-22(21-9)12-8-11(15)19-13(20-12)18-10-2-5-14(16,17)6-3-10;1-9(2,3)13-8(12)11-6-4-10-5-7-11/h7,10,15,17H,5-6,8-9,11-14H2,1-4H3,(H,26,27,28);5,8,13,15H,3-4,6-7,9-12H2,1-2H3,(H,23,24,25);4,7-8,10H,2-3,5-6H2,1H3,(H,18,19,20);10H,4-7H2,1-3H3. The van der Waals surface area contributed by atoms with Gasteiger partial charge >= 0.3 is 18.3 Å². The number of methoxy groups -OCH3 is 1. The highest BCUT2D eigenvalue weighted by Crippen LogP contribution is 2.37. The molecule has 6 aromatic heterocycles. The molecule has 12 rings (SSSR count). The molecular weight excluding hydrogens is 1330 g/mol. The lowest BCUT2D eigenvalue weighted by Gasteiger charge is -2.36. The van der Waals surface area contributed by atoms with E-state index in [9.17, 15) is 40.7 Å². The number of carbonyl (C=O) groups excluding carboxylic acids is 3. The molecule has 3 saturated heterocycles. The summed E-state index contributed by atoms with van der Waals surface area (Å²) in [7, 11) is 1.37. The van der Waals surface area contributed by atoms with Crippen molar-refractivity contribution in [2.75, 3.05) is 111 Å². The molecule has 6 aromatic rings. The van der Waals surface area contributed by atoms with Crippen LogP contribution in [-0.2, 0) is 14.2 Å². The van der Waals surface area contributed by atoms with E-state index in [1.165, 1.54) is 7.11 Å². The van der Waals surface area contributed by atoms with E-state index in [2.05, 4.69) is 76.3 Å². The van der Waals surface area contributed by atoms with E-state index in [0.717, 1.165) is 43.3 Å². The number of nitrogens with zero attached hydrogens (tertiary/aromatic N) is 17. The average Bonchev–Trinajstić information content (AvgIpc) is 1.28. The summed E-state index contributed by atoms with van der Waals surface area (Å²) < 4.78 is 101. The van der Waals surface area contributed by atoms with E-state index >= 15 is 0 Å². The Hall–Kier alpha value is -8.49. The van der Waals surface area contributed by atoms with Crippen LogP contribution in [0.15, 0.2) is 55.0 Å². The van der Waals surface area contributed by atoms with Crippen LogP contribution in [0.1, 0.15) is 136 Å². The number of halogens is 7. The van der Waals surface area contributed by atoms with Gasteiger partial charge in [-0.3, -0.25) is 0 Å². The van der Waals surface area contributed by atoms with Crippen LogP contribution < -0.4 is 31.1 Å². The second kappa shape index (κ2) is 32.9. The first-order valence-electron chi connectivity index (χ1n) is 34.0. The SMILES string of the molecule is CC(C)(C)OC(=O)N1CCNCC1.COC(=O)N1CCN(c2cc(-n3ccc(C)n3)nc(NC3CCC(F)(F)CC3)n2)CC1.Cc1ccn(-c2cc(Cl)nc(NC3CCC(F)(F)CC3)n2)n1.Cc1ccn(-c2cc(N3CCN(C(=O)OC(C)(C)C)CC3)nc(NC3CCC(F)(F)CC3)n2)n1. The maximum Gasteiger partial charge on any atom is 0.410 e. The maximum atomic E-state index is 13.6. The average molecular weight is 1430 g/mol. The number of hydrogen-bond donors (Lipinski definition) is 4. The number of rotatable bonds is 11. The molecule has 3 saturated carbocycles. The molecule has 0 atom stereocenters. The molecule has 4 N–H and O–H groups in total. The molecule has 100 heavy (non-hydrogen) atoms. The van der Waals surface area contributed by atoms with Crippen LogP contribution in [-0.4, -0.2) is 225 Å². The summed E-state index contributed by atoms with van der Waals surface area (Å²) in [5.74, 6) is -3.47. The van der Waals surface area contributed by atoms with Crippen LogP contribution in [0.2, 0.25) is 5.15 Å². The van der Waals surface area contributed by atoms with E-state index < -0.39 is 23.4 Å². The van der Waals surface area contributed by atoms with Gasteiger partial charge in [0.2, 0.25) is 35.6 Å². The monoisotopic (exact) mass is 1430 g/mol. The number of carbonyl (C=O) groups is 3. The zero-order chi connectivity index (χ0) is 72.2. The fraction of sp³-hybridized carbons (Fsp3) is 0.636. The number of hydrogen-bond acceptors (Lipinski definition) is 21. The Morgan fingerprint density at radius 3 is 1.07 bits per heavy atom. The van der Waals surface area contributed by atoms with Crippen molar-refractivity contribution in [2.45, 2.75) is 186 Å². The van der Waals surface area contributed by atoms with E-state index in [1.54, 1.807) is 41.0 Å². The minimum Gasteiger partial charge on any atom is -0.453 e. The van der Waals surface area contributed by atoms with Gasteiger partial charge in [-0.15, -0.1) is 0 Å². The maximum absolute atomic E-state index is 13.6. The van der Waals surface area contributed by atoms with Crippen molar-refractivity contribution in [3.05, 3.63) is 77.2 Å². The summed E-state index contributed by atoms with van der Waals surface area (Å²) in [6, 6.07) is 10.7. The minimum atomic E-state index is -2.59. The second-order valence-corrected chi connectivity index (χ2v) is 28.2. The summed E-state index contributed by atoms with van der Waals surface area (Å²) in [6.07, 6.45) is 6.04. The van der Waals surface area contributed by atoms with Gasteiger partial charge in [0.1, 0.15) is 28.0 Å². The molecule has 3 aliphatic carbocycles. The fourth-order valence-electron chi connectivity index (χ4n) is 11.7. The van der Waals surface area contributed by atoms with Crippen LogP contribution in [0.4, 0.5) is 70.2 Å². The molecule has 6 fully saturated rings. The lowest BCUT2D eigenvalue weighted by Crippen LogP contribution is -2.50. The summed E-state index contributed by atoms with van der Waals surface area (Å²) in [6.45, 7) is 24.5. The molecule has 34 heteroatoms. The number of amides is 3. The Bertz CT molecular complexity index is 3650. The van der Waals surface area contributed by atoms with Gasteiger partial charge in [-0.25, -0.2) is 59.8 Å². The molecule has 548 valence electrons. The molecule has 0 unspecified atom stereocenters. The highest BCUT2D eigenvalue weighted by Gasteiger charge is 2.38. The van der Waals surface area contributed by atoms with Gasteiger partial charge in [-0.2, -0.15) is 40.2 Å². The normalized spacial score (nSPS) is 19.0. The van der Waals surface area contributed by atoms with Gasteiger partial charge in [-0.1, -0.05) is 11.6 Å². The zero-order valence-electron chi connectivity index (χ0n) is 58.6. The van der Waals surface area contributed by atoms with Gasteiger partial charge in [0.15, 0.2) is 17.5 Å².